The van der Waals surface area contributed by atoms with Gasteiger partial charge in [-0.2, -0.15) is 0 Å². The summed E-state index contributed by atoms with van der Waals surface area (Å²) in [5, 5.41) is 3.14. The first-order valence-electron chi connectivity index (χ1n) is 12.1. The van der Waals surface area contributed by atoms with Gasteiger partial charge in [-0.3, -0.25) is 4.79 Å². The van der Waals surface area contributed by atoms with Gasteiger partial charge < -0.3 is 15.0 Å². The molecule has 34 heavy (non-hydrogen) atoms. The molecule has 0 radical (unpaired) electrons. The zero-order valence-electron chi connectivity index (χ0n) is 19.7. The largest absolute Gasteiger partial charge is 0.459 e. The normalized spacial score (nSPS) is 19.8. The summed E-state index contributed by atoms with van der Waals surface area (Å²) in [5.74, 6) is -0.737. The van der Waals surface area contributed by atoms with Crippen molar-refractivity contribution in [3.05, 3.63) is 71.8 Å². The Balaban J connectivity index is 1.54. The fourth-order valence-electron chi connectivity index (χ4n) is 5.02. The lowest BCUT2D eigenvalue weighted by Crippen LogP contribution is -2.54. The van der Waals surface area contributed by atoms with E-state index in [0.717, 1.165) is 41.7 Å². The number of ether oxygens (including phenoxy) is 1. The van der Waals surface area contributed by atoms with Crippen molar-refractivity contribution < 1.29 is 19.1 Å². The molecule has 1 saturated heterocycles. The average Bonchev–Trinajstić information content (AvgIpc) is 3.20. The lowest BCUT2D eigenvalue weighted by molar-refractivity contribution is -0.153. The number of carbonyl (C=O) groups is 3. The summed E-state index contributed by atoms with van der Waals surface area (Å²) in [7, 11) is 1.75. The van der Waals surface area contributed by atoms with Gasteiger partial charge in [0.1, 0.15) is 6.61 Å². The second-order valence-corrected chi connectivity index (χ2v) is 9.13. The van der Waals surface area contributed by atoms with Gasteiger partial charge in [-0.05, 0) is 36.9 Å². The summed E-state index contributed by atoms with van der Waals surface area (Å²) in [5.41, 5.74) is 1.80. The van der Waals surface area contributed by atoms with Gasteiger partial charge in [-0.1, -0.05) is 79.9 Å². The van der Waals surface area contributed by atoms with Gasteiger partial charge in [0.2, 0.25) is 5.91 Å². The molecule has 0 aromatic heterocycles. The van der Waals surface area contributed by atoms with E-state index in [9.17, 15) is 14.4 Å². The zero-order chi connectivity index (χ0) is 23.9. The Bertz CT molecular complexity index is 976. The van der Waals surface area contributed by atoms with Gasteiger partial charge in [0, 0.05) is 6.54 Å². The highest BCUT2D eigenvalue weighted by molar-refractivity contribution is 6.03. The van der Waals surface area contributed by atoms with Gasteiger partial charge in [-0.15, -0.1) is 0 Å². The number of imide groups is 1. The van der Waals surface area contributed by atoms with Crippen molar-refractivity contribution in [3.63, 3.8) is 0 Å². The second kappa shape index (κ2) is 11.3. The van der Waals surface area contributed by atoms with E-state index in [0.29, 0.717) is 6.54 Å². The standard InChI is InChI=1S/C27H33N3O4/c1-28-24(22-15-9-4-10-16-22)25(31)30-23(26(32)34-19-21-13-7-3-8-14-21)18-29(27(30)33)17-20-11-5-2-6-12-20/h2-3,5-8,11-14,22-24,28H,4,9-10,15-19H2,1H3. The first-order valence-corrected chi connectivity index (χ1v) is 12.1. The Morgan fingerprint density at radius 3 is 2.21 bits per heavy atom. The summed E-state index contributed by atoms with van der Waals surface area (Å²) in [6.45, 7) is 0.552. The van der Waals surface area contributed by atoms with Gasteiger partial charge in [-0.25, -0.2) is 14.5 Å². The number of nitrogens with one attached hydrogen (secondary N) is 1. The number of carbonyl (C=O) groups excluding carboxylic acids is 3. The molecule has 0 spiro atoms. The quantitative estimate of drug-likeness (QED) is 0.604. The van der Waals surface area contributed by atoms with E-state index in [4.69, 9.17) is 4.74 Å². The third-order valence-corrected chi connectivity index (χ3v) is 6.83. The van der Waals surface area contributed by atoms with Crippen molar-refractivity contribution in [3.8, 4) is 0 Å². The highest BCUT2D eigenvalue weighted by Crippen LogP contribution is 2.29. The minimum Gasteiger partial charge on any atom is -0.459 e. The molecule has 2 unspecified atom stereocenters. The molecule has 1 aliphatic heterocycles. The third-order valence-electron chi connectivity index (χ3n) is 6.83. The third kappa shape index (κ3) is 5.47. The van der Waals surface area contributed by atoms with E-state index in [1.165, 1.54) is 6.42 Å². The van der Waals surface area contributed by atoms with Crippen LogP contribution in [0.1, 0.15) is 43.2 Å². The lowest BCUT2D eigenvalue weighted by Gasteiger charge is -2.32. The molecule has 180 valence electrons. The van der Waals surface area contributed by atoms with Crippen molar-refractivity contribution in [2.24, 2.45) is 5.92 Å². The van der Waals surface area contributed by atoms with E-state index in [2.05, 4.69) is 5.32 Å². The molecule has 2 aliphatic rings. The van der Waals surface area contributed by atoms with Crippen molar-refractivity contribution in [2.45, 2.75) is 57.3 Å². The van der Waals surface area contributed by atoms with E-state index in [1.807, 2.05) is 60.7 Å². The van der Waals surface area contributed by atoms with Crippen molar-refractivity contribution in [1.29, 1.82) is 0 Å². The number of amides is 3. The van der Waals surface area contributed by atoms with Crippen LogP contribution < -0.4 is 5.32 Å². The lowest BCUT2D eigenvalue weighted by atomic mass is 9.83. The molecule has 2 fully saturated rings. The Hall–Kier alpha value is -3.19. The first kappa shape index (κ1) is 24.0. The van der Waals surface area contributed by atoms with E-state index < -0.39 is 24.1 Å². The predicted octanol–water partition coefficient (Wildman–Crippen LogP) is 3.73. The number of urea groups is 1. The van der Waals surface area contributed by atoms with E-state index >= 15 is 0 Å². The van der Waals surface area contributed by atoms with Gasteiger partial charge >= 0.3 is 12.0 Å². The maximum Gasteiger partial charge on any atom is 0.331 e. The number of esters is 1. The SMILES string of the molecule is CNC(C(=O)N1C(=O)N(Cc2ccccc2)CC1C(=O)OCc1ccccc1)C1CCCCC1. The predicted molar refractivity (Wildman–Crippen MR) is 129 cm³/mol. The maximum atomic E-state index is 13.7. The molecular weight excluding hydrogens is 430 g/mol. The number of likely N-dealkylation sites (N-methyl/N-ethyl adjacent to an activating group) is 1. The Labute approximate surface area is 201 Å². The minimum atomic E-state index is -0.966. The molecule has 2 atom stereocenters. The van der Waals surface area contributed by atoms with Crippen LogP contribution in [0.4, 0.5) is 4.79 Å². The Morgan fingerprint density at radius 2 is 1.59 bits per heavy atom. The fraction of sp³-hybridized carbons (Fsp3) is 0.444. The Kier molecular flexibility index (Phi) is 7.95. The molecular formula is C27H33N3O4. The average molecular weight is 464 g/mol. The number of hydrogen-bond acceptors (Lipinski definition) is 5. The van der Waals surface area contributed by atoms with Gasteiger partial charge in [0.15, 0.2) is 6.04 Å². The van der Waals surface area contributed by atoms with Crippen LogP contribution in [0, 0.1) is 5.92 Å². The van der Waals surface area contributed by atoms with Crippen molar-refractivity contribution >= 4 is 17.9 Å². The molecule has 2 aromatic carbocycles. The summed E-state index contributed by atoms with van der Waals surface area (Å²) >= 11 is 0. The molecule has 0 bridgehead atoms. The second-order valence-electron chi connectivity index (χ2n) is 9.13. The first-order chi connectivity index (χ1) is 16.6. The fourth-order valence-corrected chi connectivity index (χ4v) is 5.02. The van der Waals surface area contributed by atoms with Crippen LogP contribution in [0.15, 0.2) is 60.7 Å². The highest BCUT2D eigenvalue weighted by atomic mass is 16.5. The molecule has 1 N–H and O–H groups in total. The highest BCUT2D eigenvalue weighted by Gasteiger charge is 2.48. The minimum absolute atomic E-state index is 0.100. The molecule has 2 aromatic rings. The maximum absolute atomic E-state index is 13.7. The molecule has 7 nitrogen and oxygen atoms in total. The van der Waals surface area contributed by atoms with Crippen LogP contribution in [0.3, 0.4) is 0 Å². The van der Waals surface area contributed by atoms with E-state index in [1.54, 1.807) is 11.9 Å². The molecule has 1 heterocycles. The van der Waals surface area contributed by atoms with Gasteiger partial charge in [0.05, 0.1) is 12.6 Å². The van der Waals surface area contributed by atoms with Crippen LogP contribution in [0.2, 0.25) is 0 Å². The van der Waals surface area contributed by atoms with E-state index in [-0.39, 0.29) is 25.0 Å². The molecule has 1 aliphatic carbocycles. The molecule has 3 amide bonds. The summed E-state index contributed by atoms with van der Waals surface area (Å²) in [4.78, 5) is 43.0. The number of hydrogen-bond donors (Lipinski definition) is 1. The summed E-state index contributed by atoms with van der Waals surface area (Å²) < 4.78 is 5.57. The van der Waals surface area contributed by atoms with Crippen LogP contribution >= 0.6 is 0 Å². The van der Waals surface area contributed by atoms with Crippen LogP contribution in [-0.4, -0.2) is 53.4 Å². The summed E-state index contributed by atoms with van der Waals surface area (Å²) in [6.07, 6.45) is 5.20. The van der Waals surface area contributed by atoms with Crippen molar-refractivity contribution in [2.75, 3.05) is 13.6 Å². The smallest absolute Gasteiger partial charge is 0.331 e. The topological polar surface area (TPSA) is 79.0 Å². The molecule has 7 heteroatoms. The van der Waals surface area contributed by atoms with Crippen LogP contribution in [0.25, 0.3) is 0 Å². The van der Waals surface area contributed by atoms with Crippen LogP contribution in [-0.2, 0) is 27.5 Å². The number of rotatable bonds is 8. The monoisotopic (exact) mass is 463 g/mol. The Morgan fingerprint density at radius 1 is 0.971 bits per heavy atom. The van der Waals surface area contributed by atoms with Crippen molar-refractivity contribution in [1.82, 2.24) is 15.1 Å². The molecule has 4 rings (SSSR count). The van der Waals surface area contributed by atoms with Gasteiger partial charge in [0.25, 0.3) is 0 Å². The zero-order valence-corrected chi connectivity index (χ0v) is 19.7. The summed E-state index contributed by atoms with van der Waals surface area (Å²) in [6, 6.07) is 17.1. The molecule has 1 saturated carbocycles. The van der Waals surface area contributed by atoms with Crippen LogP contribution in [0.5, 0.6) is 0 Å². The number of nitrogens with zero attached hydrogens (tertiary/aromatic N) is 2. The number of benzene rings is 2.